The van der Waals surface area contributed by atoms with Gasteiger partial charge in [0.15, 0.2) is 5.17 Å². The van der Waals surface area contributed by atoms with Crippen molar-refractivity contribution in [1.29, 1.82) is 0 Å². The van der Waals surface area contributed by atoms with Crippen molar-refractivity contribution < 1.29 is 9.53 Å². The summed E-state index contributed by atoms with van der Waals surface area (Å²) in [5, 5.41) is 9.12. The third kappa shape index (κ3) is 4.64. The quantitative estimate of drug-likeness (QED) is 0.450. The van der Waals surface area contributed by atoms with E-state index in [0.717, 1.165) is 27.6 Å². The lowest BCUT2D eigenvalue weighted by atomic mass is 10.1. The standard InChI is InChI=1S/C21H22BrN3O2S/c1-4-19-20(26)25(13-15-8-6-5-7-14(15)2)21(28-19)24-23-12-16-11-17(22)9-10-18(16)27-3/h5-12,19H,4,13H2,1-3H3/b23-12+,24-21-. The molecular weight excluding hydrogens is 438 g/mol. The number of aryl methyl sites for hydroxylation is 1. The van der Waals surface area contributed by atoms with Crippen molar-refractivity contribution in [2.45, 2.75) is 32.1 Å². The molecule has 1 aliphatic heterocycles. The maximum absolute atomic E-state index is 12.8. The predicted molar refractivity (Wildman–Crippen MR) is 119 cm³/mol. The molecule has 0 radical (unpaired) electrons. The van der Waals surface area contributed by atoms with Gasteiger partial charge >= 0.3 is 0 Å². The van der Waals surface area contributed by atoms with Crippen LogP contribution in [0.5, 0.6) is 5.75 Å². The summed E-state index contributed by atoms with van der Waals surface area (Å²) in [4.78, 5) is 14.5. The summed E-state index contributed by atoms with van der Waals surface area (Å²) in [7, 11) is 1.62. The largest absolute Gasteiger partial charge is 0.496 e. The van der Waals surface area contributed by atoms with Crippen molar-refractivity contribution >= 4 is 45.0 Å². The monoisotopic (exact) mass is 459 g/mol. The van der Waals surface area contributed by atoms with Gasteiger partial charge in [0.1, 0.15) is 5.75 Å². The van der Waals surface area contributed by atoms with E-state index in [2.05, 4.69) is 39.1 Å². The van der Waals surface area contributed by atoms with Gasteiger partial charge in [-0.05, 0) is 42.7 Å². The van der Waals surface area contributed by atoms with Crippen LogP contribution in [0.25, 0.3) is 0 Å². The number of halogens is 1. The van der Waals surface area contributed by atoms with Crippen LogP contribution in [0.4, 0.5) is 0 Å². The summed E-state index contributed by atoms with van der Waals surface area (Å²) < 4.78 is 6.29. The average Bonchev–Trinajstić information content (AvgIpc) is 2.99. The Morgan fingerprint density at radius 2 is 2.07 bits per heavy atom. The number of amides is 1. The molecule has 1 amide bonds. The fourth-order valence-corrected chi connectivity index (χ4v) is 4.30. The summed E-state index contributed by atoms with van der Waals surface area (Å²) >= 11 is 4.92. The fourth-order valence-electron chi connectivity index (χ4n) is 2.89. The molecule has 0 aliphatic carbocycles. The molecule has 0 saturated carbocycles. The number of carbonyl (C=O) groups is 1. The molecule has 1 aliphatic rings. The van der Waals surface area contributed by atoms with E-state index < -0.39 is 0 Å². The number of methoxy groups -OCH3 is 1. The molecule has 28 heavy (non-hydrogen) atoms. The Morgan fingerprint density at radius 3 is 2.79 bits per heavy atom. The molecule has 3 rings (SSSR count). The minimum Gasteiger partial charge on any atom is -0.496 e. The molecule has 5 nitrogen and oxygen atoms in total. The maximum atomic E-state index is 12.8. The molecule has 1 unspecified atom stereocenters. The highest BCUT2D eigenvalue weighted by atomic mass is 79.9. The van der Waals surface area contributed by atoms with Gasteiger partial charge in [-0.1, -0.05) is 58.9 Å². The number of benzene rings is 2. The first-order valence-electron chi connectivity index (χ1n) is 9.00. The van der Waals surface area contributed by atoms with Crippen molar-refractivity contribution in [3.05, 3.63) is 63.6 Å². The number of rotatable bonds is 6. The molecule has 1 saturated heterocycles. The minimum absolute atomic E-state index is 0.0877. The zero-order valence-electron chi connectivity index (χ0n) is 16.1. The van der Waals surface area contributed by atoms with Crippen LogP contribution < -0.4 is 4.74 Å². The summed E-state index contributed by atoms with van der Waals surface area (Å²) in [6, 6.07) is 13.8. The van der Waals surface area contributed by atoms with E-state index in [1.54, 1.807) is 18.2 Å². The number of hydrogen-bond acceptors (Lipinski definition) is 5. The Morgan fingerprint density at radius 1 is 1.29 bits per heavy atom. The number of nitrogens with zero attached hydrogens (tertiary/aromatic N) is 3. The molecule has 2 aromatic rings. The molecule has 1 atom stereocenters. The Hall–Kier alpha value is -2.12. The highest BCUT2D eigenvalue weighted by Crippen LogP contribution is 2.31. The fraction of sp³-hybridized carbons (Fsp3) is 0.286. The van der Waals surface area contributed by atoms with Gasteiger partial charge in [-0.2, -0.15) is 5.10 Å². The van der Waals surface area contributed by atoms with Gasteiger partial charge in [0.25, 0.3) is 0 Å². The van der Waals surface area contributed by atoms with E-state index in [4.69, 9.17) is 4.74 Å². The first-order chi connectivity index (χ1) is 13.5. The Labute approximate surface area is 178 Å². The molecule has 0 N–H and O–H groups in total. The van der Waals surface area contributed by atoms with Gasteiger partial charge < -0.3 is 4.74 Å². The number of ether oxygens (including phenoxy) is 1. The van der Waals surface area contributed by atoms with E-state index in [-0.39, 0.29) is 11.2 Å². The van der Waals surface area contributed by atoms with Crippen molar-refractivity contribution in [2.24, 2.45) is 10.2 Å². The van der Waals surface area contributed by atoms with Gasteiger partial charge in [0, 0.05) is 10.0 Å². The van der Waals surface area contributed by atoms with E-state index in [9.17, 15) is 4.79 Å². The molecule has 0 spiro atoms. The lowest BCUT2D eigenvalue weighted by Gasteiger charge is -2.17. The first kappa shape index (κ1) is 20.6. The summed E-state index contributed by atoms with van der Waals surface area (Å²) in [6.07, 6.45) is 2.41. The van der Waals surface area contributed by atoms with E-state index in [1.807, 2.05) is 43.3 Å². The van der Waals surface area contributed by atoms with Gasteiger partial charge in [0.2, 0.25) is 5.91 Å². The average molecular weight is 460 g/mol. The van der Waals surface area contributed by atoms with Gasteiger partial charge in [-0.15, -0.1) is 5.10 Å². The highest BCUT2D eigenvalue weighted by Gasteiger charge is 2.37. The SMILES string of the molecule is CCC1S/C(=N\N=C\c2cc(Br)ccc2OC)N(Cc2ccccc2C)C1=O. The maximum Gasteiger partial charge on any atom is 0.242 e. The van der Waals surface area contributed by atoms with Crippen LogP contribution in [0, 0.1) is 6.92 Å². The van der Waals surface area contributed by atoms with Crippen molar-refractivity contribution in [2.75, 3.05) is 7.11 Å². The van der Waals surface area contributed by atoms with Crippen LogP contribution in [0.3, 0.4) is 0 Å². The van der Waals surface area contributed by atoms with Crippen LogP contribution in [0.15, 0.2) is 57.1 Å². The normalized spacial score (nSPS) is 18.4. The van der Waals surface area contributed by atoms with Gasteiger partial charge in [0.05, 0.1) is 25.1 Å². The van der Waals surface area contributed by atoms with Crippen molar-refractivity contribution in [1.82, 2.24) is 4.90 Å². The second kappa shape index (κ2) is 9.39. The molecular formula is C21H22BrN3O2S. The molecule has 0 aromatic heterocycles. The summed E-state index contributed by atoms with van der Waals surface area (Å²) in [5.41, 5.74) is 3.08. The smallest absolute Gasteiger partial charge is 0.242 e. The molecule has 7 heteroatoms. The molecule has 1 fully saturated rings. The topological polar surface area (TPSA) is 54.3 Å². The molecule has 1 heterocycles. The number of hydrogen-bond donors (Lipinski definition) is 0. The van der Waals surface area contributed by atoms with Crippen LogP contribution in [-0.4, -0.2) is 34.5 Å². The number of carbonyl (C=O) groups excluding carboxylic acids is 1. The third-order valence-corrected chi connectivity index (χ3v) is 6.34. The lowest BCUT2D eigenvalue weighted by molar-refractivity contribution is -0.126. The predicted octanol–water partition coefficient (Wildman–Crippen LogP) is 5.01. The van der Waals surface area contributed by atoms with Crippen LogP contribution in [0.2, 0.25) is 0 Å². The lowest BCUT2D eigenvalue weighted by Crippen LogP contribution is -2.31. The first-order valence-corrected chi connectivity index (χ1v) is 10.7. The van der Waals surface area contributed by atoms with Gasteiger partial charge in [-0.3, -0.25) is 9.69 Å². The number of thioether (sulfide) groups is 1. The summed E-state index contributed by atoms with van der Waals surface area (Å²) in [5.74, 6) is 0.801. The van der Waals surface area contributed by atoms with E-state index in [0.29, 0.717) is 17.5 Å². The second-order valence-corrected chi connectivity index (χ2v) is 8.46. The van der Waals surface area contributed by atoms with Crippen molar-refractivity contribution in [3.8, 4) is 5.75 Å². The highest BCUT2D eigenvalue weighted by molar-refractivity contribution is 9.10. The van der Waals surface area contributed by atoms with E-state index in [1.165, 1.54) is 11.8 Å². The zero-order valence-corrected chi connectivity index (χ0v) is 18.5. The minimum atomic E-state index is -0.113. The van der Waals surface area contributed by atoms with Crippen LogP contribution in [-0.2, 0) is 11.3 Å². The molecule has 146 valence electrons. The van der Waals surface area contributed by atoms with E-state index >= 15 is 0 Å². The Kier molecular flexibility index (Phi) is 6.91. The Bertz CT molecular complexity index is 930. The number of amidine groups is 1. The third-order valence-electron chi connectivity index (χ3n) is 4.51. The molecule has 0 bridgehead atoms. The zero-order chi connectivity index (χ0) is 20.1. The Balaban J connectivity index is 1.86. The van der Waals surface area contributed by atoms with Gasteiger partial charge in [-0.25, -0.2) is 0 Å². The van der Waals surface area contributed by atoms with Crippen molar-refractivity contribution in [3.63, 3.8) is 0 Å². The summed E-state index contributed by atoms with van der Waals surface area (Å²) in [6.45, 7) is 4.57. The second-order valence-electron chi connectivity index (χ2n) is 6.38. The molecule has 2 aromatic carbocycles. The van der Waals surface area contributed by atoms with Crippen LogP contribution >= 0.6 is 27.7 Å². The van der Waals surface area contributed by atoms with Crippen LogP contribution in [0.1, 0.15) is 30.0 Å².